The molecule has 0 spiro atoms. The summed E-state index contributed by atoms with van der Waals surface area (Å²) in [6.07, 6.45) is 8.44. The highest BCUT2D eigenvalue weighted by molar-refractivity contribution is 5.94. The Balaban J connectivity index is 1.30. The Morgan fingerprint density at radius 1 is 1.13 bits per heavy atom. The number of nitrogens with zero attached hydrogens (tertiary/aromatic N) is 1. The average molecular weight is 409 g/mol. The largest absolute Gasteiger partial charge is 0.449 e. The number of amides is 1. The molecular weight excluding hydrogens is 376 g/mol. The SMILES string of the molecule is Cn1c(C(=O)CCCc2ccc3c(c2)CCC3)ccc1[C@H]1CC[C@H](COC(N)=O)C1. The molecule has 0 aliphatic heterocycles. The summed E-state index contributed by atoms with van der Waals surface area (Å²) in [5.74, 6) is 0.977. The van der Waals surface area contributed by atoms with Crippen molar-refractivity contribution in [1.29, 1.82) is 0 Å². The van der Waals surface area contributed by atoms with E-state index in [-0.39, 0.29) is 5.78 Å². The van der Waals surface area contributed by atoms with Crippen LogP contribution in [0.25, 0.3) is 0 Å². The van der Waals surface area contributed by atoms with Gasteiger partial charge < -0.3 is 15.0 Å². The van der Waals surface area contributed by atoms with Crippen molar-refractivity contribution >= 4 is 11.9 Å². The molecule has 1 fully saturated rings. The number of ether oxygens (including phenoxy) is 1. The zero-order valence-corrected chi connectivity index (χ0v) is 17.9. The van der Waals surface area contributed by atoms with Crippen molar-refractivity contribution in [2.24, 2.45) is 18.7 Å². The number of ketones is 1. The third-order valence-electron chi connectivity index (χ3n) is 6.90. The van der Waals surface area contributed by atoms with E-state index >= 15 is 0 Å². The third-order valence-corrected chi connectivity index (χ3v) is 6.90. The minimum absolute atomic E-state index is 0.219. The molecule has 0 saturated heterocycles. The molecule has 1 amide bonds. The smallest absolute Gasteiger partial charge is 0.404 e. The van der Waals surface area contributed by atoms with Crippen LogP contribution in [0.1, 0.15) is 77.3 Å². The van der Waals surface area contributed by atoms with E-state index in [0.29, 0.717) is 24.9 Å². The standard InChI is InChI=1S/C25H32N2O3/c1-27-22(21-11-9-18(15-21)16-30-25(26)29)12-13-23(27)24(28)7-2-4-17-8-10-19-5-3-6-20(19)14-17/h8,10,12-14,18,21H,2-7,9,11,15-16H2,1H3,(H2,26,29)/t18-,21-/m0/s1. The van der Waals surface area contributed by atoms with E-state index in [1.807, 2.05) is 13.1 Å². The lowest BCUT2D eigenvalue weighted by atomic mass is 10.0. The molecule has 5 heteroatoms. The Hall–Kier alpha value is -2.56. The fourth-order valence-electron chi connectivity index (χ4n) is 5.27. The first-order valence-electron chi connectivity index (χ1n) is 11.2. The number of carbonyl (C=O) groups is 2. The first-order valence-corrected chi connectivity index (χ1v) is 11.2. The lowest BCUT2D eigenvalue weighted by molar-refractivity contribution is 0.0971. The van der Waals surface area contributed by atoms with Crippen molar-refractivity contribution in [1.82, 2.24) is 4.57 Å². The Morgan fingerprint density at radius 2 is 1.97 bits per heavy atom. The molecule has 2 aliphatic rings. The second kappa shape index (κ2) is 9.07. The van der Waals surface area contributed by atoms with E-state index < -0.39 is 6.09 Å². The van der Waals surface area contributed by atoms with E-state index in [1.165, 1.54) is 41.6 Å². The number of hydrogen-bond donors (Lipinski definition) is 1. The summed E-state index contributed by atoms with van der Waals surface area (Å²) < 4.78 is 7.04. The quantitative estimate of drug-likeness (QED) is 0.644. The van der Waals surface area contributed by atoms with Crippen LogP contribution >= 0.6 is 0 Å². The minimum atomic E-state index is -0.704. The van der Waals surface area contributed by atoms with Gasteiger partial charge in [-0.3, -0.25) is 4.79 Å². The average Bonchev–Trinajstić information content (AvgIpc) is 3.45. The maximum absolute atomic E-state index is 12.8. The molecule has 2 aliphatic carbocycles. The molecule has 1 aromatic carbocycles. The molecule has 5 nitrogen and oxygen atoms in total. The molecule has 2 atom stereocenters. The van der Waals surface area contributed by atoms with Crippen molar-refractivity contribution in [3.63, 3.8) is 0 Å². The van der Waals surface area contributed by atoms with Crippen LogP contribution in [-0.4, -0.2) is 23.1 Å². The van der Waals surface area contributed by atoms with Crippen molar-refractivity contribution in [2.45, 2.75) is 63.7 Å². The van der Waals surface area contributed by atoms with Crippen molar-refractivity contribution < 1.29 is 14.3 Å². The van der Waals surface area contributed by atoms with Crippen LogP contribution in [0, 0.1) is 5.92 Å². The van der Waals surface area contributed by atoms with Crippen LogP contribution in [0.4, 0.5) is 4.79 Å². The number of nitrogens with two attached hydrogens (primary N) is 1. The van der Waals surface area contributed by atoms with Crippen LogP contribution in [-0.2, 0) is 31.0 Å². The van der Waals surface area contributed by atoms with Crippen LogP contribution < -0.4 is 5.73 Å². The first-order chi connectivity index (χ1) is 14.5. The van der Waals surface area contributed by atoms with E-state index in [9.17, 15) is 9.59 Å². The van der Waals surface area contributed by atoms with Gasteiger partial charge in [-0.15, -0.1) is 0 Å². The Kier molecular flexibility index (Phi) is 6.26. The third kappa shape index (κ3) is 4.61. The molecule has 1 aromatic heterocycles. The maximum atomic E-state index is 12.8. The predicted octanol–water partition coefficient (Wildman–Crippen LogP) is 4.70. The van der Waals surface area contributed by atoms with Crippen molar-refractivity contribution in [3.8, 4) is 0 Å². The van der Waals surface area contributed by atoms with Crippen LogP contribution in [0.3, 0.4) is 0 Å². The number of primary amides is 1. The van der Waals surface area contributed by atoms with Gasteiger partial charge in [0.1, 0.15) is 0 Å². The van der Waals surface area contributed by atoms with E-state index in [0.717, 1.165) is 37.8 Å². The lowest BCUT2D eigenvalue weighted by Gasteiger charge is -2.14. The molecule has 30 heavy (non-hydrogen) atoms. The number of hydrogen-bond acceptors (Lipinski definition) is 3. The fraction of sp³-hybridized carbons (Fsp3) is 0.520. The molecule has 0 bridgehead atoms. The van der Waals surface area contributed by atoms with Gasteiger partial charge in [-0.1, -0.05) is 18.2 Å². The van der Waals surface area contributed by atoms with E-state index in [1.54, 1.807) is 0 Å². The predicted molar refractivity (Wildman–Crippen MR) is 117 cm³/mol. The first kappa shape index (κ1) is 20.7. The molecule has 2 N–H and O–H groups in total. The van der Waals surface area contributed by atoms with Crippen molar-refractivity contribution in [2.75, 3.05) is 6.61 Å². The maximum Gasteiger partial charge on any atom is 0.404 e. The Morgan fingerprint density at radius 3 is 2.80 bits per heavy atom. The normalized spacial score (nSPS) is 20.3. The second-order valence-corrected chi connectivity index (χ2v) is 8.94. The number of Topliss-reactive ketones (excluding diaryl/α,β-unsaturated/α-hetero) is 1. The summed E-state index contributed by atoms with van der Waals surface area (Å²) in [6, 6.07) is 10.9. The number of aryl methyl sites for hydroxylation is 3. The summed E-state index contributed by atoms with van der Waals surface area (Å²) >= 11 is 0. The highest BCUT2D eigenvalue weighted by Gasteiger charge is 2.29. The van der Waals surface area contributed by atoms with Crippen molar-refractivity contribution in [3.05, 3.63) is 58.4 Å². The number of aromatic nitrogens is 1. The molecule has 2 aromatic rings. The Bertz CT molecular complexity index is 930. The van der Waals surface area contributed by atoms with Gasteiger partial charge in [0.2, 0.25) is 0 Å². The lowest BCUT2D eigenvalue weighted by Crippen LogP contribution is -2.17. The number of benzene rings is 1. The van der Waals surface area contributed by atoms with Gasteiger partial charge in [-0.2, -0.15) is 0 Å². The zero-order chi connectivity index (χ0) is 21.1. The molecule has 1 saturated carbocycles. The van der Waals surface area contributed by atoms with Gasteiger partial charge in [0, 0.05) is 19.2 Å². The number of rotatable bonds is 8. The summed E-state index contributed by atoms with van der Waals surface area (Å²) in [5.41, 5.74) is 11.4. The van der Waals surface area contributed by atoms with Gasteiger partial charge in [0.25, 0.3) is 0 Å². The summed E-state index contributed by atoms with van der Waals surface area (Å²) in [4.78, 5) is 23.6. The topological polar surface area (TPSA) is 74.3 Å². The molecule has 0 unspecified atom stereocenters. The molecule has 0 radical (unpaired) electrons. The van der Waals surface area contributed by atoms with Gasteiger partial charge in [0.15, 0.2) is 5.78 Å². The van der Waals surface area contributed by atoms with Gasteiger partial charge in [-0.05, 0) is 92.0 Å². The minimum Gasteiger partial charge on any atom is -0.449 e. The van der Waals surface area contributed by atoms with Crippen LogP contribution in [0.2, 0.25) is 0 Å². The number of fused-ring (bicyclic) bond motifs is 1. The zero-order valence-electron chi connectivity index (χ0n) is 17.9. The molecule has 160 valence electrons. The van der Waals surface area contributed by atoms with Crippen LogP contribution in [0.15, 0.2) is 30.3 Å². The monoisotopic (exact) mass is 408 g/mol. The van der Waals surface area contributed by atoms with E-state index in [2.05, 4.69) is 28.8 Å². The second-order valence-electron chi connectivity index (χ2n) is 8.94. The fourth-order valence-corrected chi connectivity index (χ4v) is 5.27. The number of carbonyl (C=O) groups excluding carboxylic acids is 2. The van der Waals surface area contributed by atoms with Crippen LogP contribution in [0.5, 0.6) is 0 Å². The summed E-state index contributed by atoms with van der Waals surface area (Å²) in [5, 5.41) is 0. The van der Waals surface area contributed by atoms with E-state index in [4.69, 9.17) is 10.5 Å². The van der Waals surface area contributed by atoms with Gasteiger partial charge in [-0.25, -0.2) is 4.79 Å². The Labute approximate surface area is 178 Å². The highest BCUT2D eigenvalue weighted by Crippen LogP contribution is 2.39. The summed E-state index contributed by atoms with van der Waals surface area (Å²) in [6.45, 7) is 0.394. The van der Waals surface area contributed by atoms with Gasteiger partial charge in [0.05, 0.1) is 12.3 Å². The molecule has 1 heterocycles. The highest BCUT2D eigenvalue weighted by atomic mass is 16.5. The van der Waals surface area contributed by atoms with Gasteiger partial charge >= 0.3 is 6.09 Å². The summed E-state index contributed by atoms with van der Waals surface area (Å²) in [7, 11) is 2.00. The molecular formula is C25H32N2O3. The molecule has 4 rings (SSSR count).